The van der Waals surface area contributed by atoms with Gasteiger partial charge in [0.25, 0.3) is 0 Å². The molecule has 2 aromatic carbocycles. The van der Waals surface area contributed by atoms with Crippen molar-refractivity contribution in [2.75, 3.05) is 34.5 Å². The maximum Gasteiger partial charge on any atom is 0.341 e. The molecule has 0 atom stereocenters. The van der Waals surface area contributed by atoms with Gasteiger partial charge in [0.05, 0.1) is 27.1 Å². The van der Waals surface area contributed by atoms with Crippen molar-refractivity contribution in [1.82, 2.24) is 0 Å². The van der Waals surface area contributed by atoms with E-state index in [9.17, 15) is 4.79 Å². The molecule has 0 fully saturated rings. The number of methoxy groups -OCH3 is 3. The van der Waals surface area contributed by atoms with E-state index < -0.39 is 5.97 Å². The highest BCUT2D eigenvalue weighted by Gasteiger charge is 2.17. The summed E-state index contributed by atoms with van der Waals surface area (Å²) in [6, 6.07) is 12.4. The molecule has 150 valence electrons. The Morgan fingerprint density at radius 3 is 2.25 bits per heavy atom. The van der Waals surface area contributed by atoms with Gasteiger partial charge in [0, 0.05) is 12.1 Å². The van der Waals surface area contributed by atoms with Crippen LogP contribution in [0.25, 0.3) is 5.57 Å². The Morgan fingerprint density at radius 1 is 0.964 bits per heavy atom. The van der Waals surface area contributed by atoms with Gasteiger partial charge in [0.15, 0.2) is 0 Å². The fourth-order valence-corrected chi connectivity index (χ4v) is 2.62. The number of halogens is 1. The van der Waals surface area contributed by atoms with E-state index in [2.05, 4.69) is 0 Å². The number of rotatable bonds is 10. The Hall–Kier alpha value is -2.70. The van der Waals surface area contributed by atoms with Crippen LogP contribution in [-0.2, 0) is 25.6 Å². The molecule has 2 rings (SSSR count). The lowest BCUT2D eigenvalue weighted by Gasteiger charge is -2.14. The highest BCUT2D eigenvalue weighted by molar-refractivity contribution is 6.30. The average Bonchev–Trinajstić information content (AvgIpc) is 2.71. The Bertz CT molecular complexity index is 801. The molecule has 0 saturated heterocycles. The molecule has 0 aromatic heterocycles. The van der Waals surface area contributed by atoms with Gasteiger partial charge < -0.3 is 23.7 Å². The van der Waals surface area contributed by atoms with Gasteiger partial charge >= 0.3 is 5.97 Å². The van der Waals surface area contributed by atoms with Gasteiger partial charge in [-0.25, -0.2) is 4.79 Å². The van der Waals surface area contributed by atoms with Crippen molar-refractivity contribution in [1.29, 1.82) is 0 Å². The smallest absolute Gasteiger partial charge is 0.341 e. The molecule has 0 spiro atoms. The molecule has 0 saturated carbocycles. The van der Waals surface area contributed by atoms with Gasteiger partial charge in [0.1, 0.15) is 30.3 Å². The van der Waals surface area contributed by atoms with Crippen LogP contribution < -0.4 is 9.47 Å². The zero-order valence-corrected chi connectivity index (χ0v) is 16.8. The second-order valence-corrected chi connectivity index (χ2v) is 6.10. The summed E-state index contributed by atoms with van der Waals surface area (Å²) in [5.74, 6) is 0.868. The standard InChI is InChI=1S/C21H23ClO6/c1-24-10-11-27-17-5-7-18(8-6-17)28-13-15-12-16(22)4-9-19(15)20(14-25-2)21(23)26-3/h4-9,12,14H,10-11,13H2,1-3H3/b20-14-. The first kappa shape index (κ1) is 21.6. The molecule has 0 unspecified atom stereocenters. The summed E-state index contributed by atoms with van der Waals surface area (Å²) in [7, 11) is 4.40. The van der Waals surface area contributed by atoms with E-state index >= 15 is 0 Å². The van der Waals surface area contributed by atoms with Crippen molar-refractivity contribution in [3.63, 3.8) is 0 Å². The van der Waals surface area contributed by atoms with Crippen molar-refractivity contribution in [2.45, 2.75) is 6.61 Å². The first-order valence-corrected chi connectivity index (χ1v) is 8.91. The largest absolute Gasteiger partial charge is 0.503 e. The molecular formula is C21H23ClO6. The zero-order chi connectivity index (χ0) is 20.4. The highest BCUT2D eigenvalue weighted by atomic mass is 35.5. The van der Waals surface area contributed by atoms with Gasteiger partial charge in [0.2, 0.25) is 0 Å². The molecular weight excluding hydrogens is 384 g/mol. The second-order valence-electron chi connectivity index (χ2n) is 5.66. The summed E-state index contributed by atoms with van der Waals surface area (Å²) in [4.78, 5) is 12.1. The molecule has 28 heavy (non-hydrogen) atoms. The average molecular weight is 407 g/mol. The second kappa shape index (κ2) is 11.2. The predicted molar refractivity (Wildman–Crippen MR) is 107 cm³/mol. The molecule has 2 aromatic rings. The van der Waals surface area contributed by atoms with Crippen LogP contribution in [0.15, 0.2) is 48.7 Å². The summed E-state index contributed by atoms with van der Waals surface area (Å²) in [5.41, 5.74) is 1.63. The third kappa shape index (κ3) is 6.18. The van der Waals surface area contributed by atoms with E-state index in [0.29, 0.717) is 29.5 Å². The number of ether oxygens (including phenoxy) is 5. The van der Waals surface area contributed by atoms with Crippen molar-refractivity contribution < 1.29 is 28.5 Å². The SMILES string of the molecule is CO/C=C(\C(=O)OC)c1ccc(Cl)cc1COc1ccc(OCCOC)cc1. The number of hydrogen-bond donors (Lipinski definition) is 0. The maximum atomic E-state index is 12.1. The van der Waals surface area contributed by atoms with Crippen molar-refractivity contribution in [2.24, 2.45) is 0 Å². The Kier molecular flexibility index (Phi) is 8.65. The van der Waals surface area contributed by atoms with E-state index in [4.69, 9.17) is 35.3 Å². The van der Waals surface area contributed by atoms with E-state index in [0.717, 1.165) is 11.3 Å². The number of benzene rings is 2. The third-order valence-corrected chi connectivity index (χ3v) is 4.01. The number of carbonyl (C=O) groups is 1. The van der Waals surface area contributed by atoms with Gasteiger partial charge in [-0.05, 0) is 47.5 Å². The normalized spacial score (nSPS) is 11.1. The van der Waals surface area contributed by atoms with E-state index in [1.807, 2.05) is 12.1 Å². The van der Waals surface area contributed by atoms with Crippen LogP contribution >= 0.6 is 11.6 Å². The van der Waals surface area contributed by atoms with Crippen LogP contribution in [0.2, 0.25) is 5.02 Å². The quantitative estimate of drug-likeness (QED) is 0.256. The summed E-state index contributed by atoms with van der Waals surface area (Å²) in [6.45, 7) is 1.20. The molecule has 6 nitrogen and oxygen atoms in total. The molecule has 0 aliphatic rings. The fourth-order valence-electron chi connectivity index (χ4n) is 2.43. The van der Waals surface area contributed by atoms with Crippen LogP contribution in [0.4, 0.5) is 0 Å². The first-order chi connectivity index (χ1) is 13.6. The lowest BCUT2D eigenvalue weighted by Crippen LogP contribution is -2.08. The van der Waals surface area contributed by atoms with Gasteiger partial charge in [-0.15, -0.1) is 0 Å². The van der Waals surface area contributed by atoms with Crippen LogP contribution in [0.1, 0.15) is 11.1 Å². The van der Waals surface area contributed by atoms with Gasteiger partial charge in [-0.2, -0.15) is 0 Å². The fraction of sp³-hybridized carbons (Fsp3) is 0.286. The van der Waals surface area contributed by atoms with Crippen molar-refractivity contribution >= 4 is 23.1 Å². The van der Waals surface area contributed by atoms with Gasteiger partial charge in [-0.1, -0.05) is 17.7 Å². The first-order valence-electron chi connectivity index (χ1n) is 8.53. The number of esters is 1. The molecule has 0 radical (unpaired) electrons. The molecule has 7 heteroatoms. The van der Waals surface area contributed by atoms with E-state index in [1.54, 1.807) is 37.4 Å². The number of hydrogen-bond acceptors (Lipinski definition) is 6. The van der Waals surface area contributed by atoms with Gasteiger partial charge in [-0.3, -0.25) is 0 Å². The lowest BCUT2D eigenvalue weighted by atomic mass is 10.0. The Labute approximate surface area is 169 Å². The van der Waals surface area contributed by atoms with Crippen LogP contribution in [0, 0.1) is 0 Å². The minimum absolute atomic E-state index is 0.206. The van der Waals surface area contributed by atoms with Crippen molar-refractivity contribution in [3.05, 3.63) is 64.9 Å². The van der Waals surface area contributed by atoms with Crippen molar-refractivity contribution in [3.8, 4) is 11.5 Å². The third-order valence-electron chi connectivity index (χ3n) is 3.77. The predicted octanol–water partition coefficient (Wildman–Crippen LogP) is 4.10. The zero-order valence-electron chi connectivity index (χ0n) is 16.1. The summed E-state index contributed by atoms with van der Waals surface area (Å²) < 4.78 is 26.2. The molecule has 0 amide bonds. The summed E-state index contributed by atoms with van der Waals surface area (Å²) in [6.07, 6.45) is 1.34. The van der Waals surface area contributed by atoms with Crippen LogP contribution in [0.5, 0.6) is 11.5 Å². The molecule has 0 heterocycles. The Morgan fingerprint density at radius 2 is 1.64 bits per heavy atom. The topological polar surface area (TPSA) is 63.2 Å². The minimum atomic E-state index is -0.511. The molecule has 0 aliphatic heterocycles. The summed E-state index contributed by atoms with van der Waals surface area (Å²) in [5, 5.41) is 0.533. The summed E-state index contributed by atoms with van der Waals surface area (Å²) >= 11 is 6.13. The van der Waals surface area contributed by atoms with E-state index in [1.165, 1.54) is 20.5 Å². The maximum absolute atomic E-state index is 12.1. The highest BCUT2D eigenvalue weighted by Crippen LogP contribution is 2.26. The molecule has 0 bridgehead atoms. The van der Waals surface area contributed by atoms with Crippen LogP contribution in [-0.4, -0.2) is 40.5 Å². The number of carbonyl (C=O) groups excluding carboxylic acids is 1. The van der Waals surface area contributed by atoms with E-state index in [-0.39, 0.29) is 12.2 Å². The minimum Gasteiger partial charge on any atom is -0.503 e. The molecule has 0 N–H and O–H groups in total. The lowest BCUT2D eigenvalue weighted by molar-refractivity contribution is -0.133. The Balaban J connectivity index is 2.14. The monoisotopic (exact) mass is 406 g/mol. The van der Waals surface area contributed by atoms with Crippen LogP contribution in [0.3, 0.4) is 0 Å². The molecule has 0 aliphatic carbocycles.